The van der Waals surface area contributed by atoms with Gasteiger partial charge in [-0.05, 0) is 65.6 Å². The van der Waals surface area contributed by atoms with Crippen LogP contribution in [-0.4, -0.2) is 29.3 Å². The van der Waals surface area contributed by atoms with Crippen molar-refractivity contribution in [3.63, 3.8) is 0 Å². The zero-order chi connectivity index (χ0) is 23.2. The third-order valence-corrected chi connectivity index (χ3v) is 8.12. The first-order valence-electron chi connectivity index (χ1n) is 11.2. The molecule has 0 spiro atoms. The molecule has 3 heterocycles. The summed E-state index contributed by atoms with van der Waals surface area (Å²) in [6.45, 7) is 0.909. The van der Waals surface area contributed by atoms with E-state index in [0.717, 1.165) is 40.0 Å². The average Bonchev–Trinajstić information content (AvgIpc) is 3.49. The highest BCUT2D eigenvalue weighted by atomic mass is 35.5. The summed E-state index contributed by atoms with van der Waals surface area (Å²) in [4.78, 5) is 6.20. The van der Waals surface area contributed by atoms with E-state index in [1.165, 1.54) is 38.4 Å². The first-order valence-corrected chi connectivity index (χ1v) is 12.9. The fraction of sp³-hybridized carbons (Fsp3) is 0.179. The summed E-state index contributed by atoms with van der Waals surface area (Å²) in [6, 6.07) is 22.6. The summed E-state index contributed by atoms with van der Waals surface area (Å²) in [7, 11) is 1.70. The van der Waals surface area contributed by atoms with Gasteiger partial charge in [-0.1, -0.05) is 65.0 Å². The molecule has 0 saturated heterocycles. The smallest absolute Gasteiger partial charge is 0.118 e. The Hall–Kier alpha value is -2.75. The van der Waals surface area contributed by atoms with Crippen LogP contribution < -0.4 is 4.74 Å². The first kappa shape index (κ1) is 21.8. The average molecular weight is 505 g/mol. The van der Waals surface area contributed by atoms with Gasteiger partial charge in [0.05, 0.1) is 13.2 Å². The van der Waals surface area contributed by atoms with Crippen molar-refractivity contribution in [3.8, 4) is 5.75 Å². The van der Waals surface area contributed by atoms with E-state index in [-0.39, 0.29) is 6.04 Å². The minimum Gasteiger partial charge on any atom is -0.497 e. The molecule has 170 valence electrons. The second kappa shape index (κ2) is 8.79. The van der Waals surface area contributed by atoms with Crippen LogP contribution in [0.4, 0.5) is 0 Å². The Labute approximate surface area is 213 Å². The summed E-state index contributed by atoms with van der Waals surface area (Å²) in [6.07, 6.45) is 0.949. The number of rotatable bonds is 4. The maximum Gasteiger partial charge on any atom is 0.118 e. The monoisotopic (exact) mass is 504 g/mol. The van der Waals surface area contributed by atoms with Crippen LogP contribution in [0.25, 0.3) is 16.5 Å². The van der Waals surface area contributed by atoms with E-state index in [2.05, 4.69) is 52.0 Å². The van der Waals surface area contributed by atoms with Gasteiger partial charge < -0.3 is 14.6 Å². The third kappa shape index (κ3) is 3.81. The number of fused-ring (bicyclic) bond motifs is 3. The van der Waals surface area contributed by atoms with Crippen LogP contribution in [0, 0.1) is 0 Å². The van der Waals surface area contributed by atoms with Crippen molar-refractivity contribution < 1.29 is 4.74 Å². The number of hydrogen-bond acceptors (Lipinski definition) is 3. The molecule has 3 nitrogen and oxygen atoms in total. The van der Waals surface area contributed by atoms with Gasteiger partial charge in [0.25, 0.3) is 0 Å². The van der Waals surface area contributed by atoms with E-state index in [4.69, 9.17) is 27.9 Å². The number of hydrogen-bond donors (Lipinski definition) is 1. The molecule has 1 N–H and O–H groups in total. The van der Waals surface area contributed by atoms with Gasteiger partial charge in [0.15, 0.2) is 0 Å². The lowest BCUT2D eigenvalue weighted by molar-refractivity contribution is 0.290. The molecular formula is C28H22Cl2N2OS. The van der Waals surface area contributed by atoms with Gasteiger partial charge in [0, 0.05) is 44.5 Å². The third-order valence-electron chi connectivity index (χ3n) is 6.59. The number of ether oxygens (including phenoxy) is 1. The van der Waals surface area contributed by atoms with Crippen molar-refractivity contribution >= 4 is 51.4 Å². The predicted octanol–water partition coefficient (Wildman–Crippen LogP) is 7.70. The van der Waals surface area contributed by atoms with Crippen molar-refractivity contribution in [2.45, 2.75) is 12.5 Å². The Morgan fingerprint density at radius 3 is 2.53 bits per heavy atom. The summed E-state index contributed by atoms with van der Waals surface area (Å²) in [5.74, 6) is 1.76. The molecule has 0 saturated carbocycles. The van der Waals surface area contributed by atoms with Gasteiger partial charge >= 0.3 is 0 Å². The fourth-order valence-electron chi connectivity index (χ4n) is 4.92. The zero-order valence-corrected chi connectivity index (χ0v) is 20.9. The number of H-pyrrole nitrogens is 1. The molecule has 0 bridgehead atoms. The summed E-state index contributed by atoms with van der Waals surface area (Å²) in [5, 5.41) is 3.91. The summed E-state index contributed by atoms with van der Waals surface area (Å²) >= 11 is 14.3. The Bertz CT molecular complexity index is 1450. The second-order valence-corrected chi connectivity index (χ2v) is 10.4. The van der Waals surface area contributed by atoms with Crippen LogP contribution in [0.15, 0.2) is 77.5 Å². The Morgan fingerprint density at radius 1 is 1.00 bits per heavy atom. The number of aromatic nitrogens is 1. The molecule has 0 fully saturated rings. The van der Waals surface area contributed by atoms with Crippen LogP contribution in [0.5, 0.6) is 5.75 Å². The molecule has 2 aliphatic rings. The standard InChI is InChI=1S/C28H22Cl2N2OS/c1-33-22-9-4-18(5-10-22)28-27-23(24-15-21(30)8-11-25(24)31-27)12-13-32(28)26-14-19(16-34-26)17-2-6-20(29)7-3-17/h2-11,15,28,31H,12-13,16H2,1H3. The van der Waals surface area contributed by atoms with Crippen LogP contribution in [0.2, 0.25) is 10.0 Å². The van der Waals surface area contributed by atoms with Gasteiger partial charge in [-0.25, -0.2) is 0 Å². The maximum absolute atomic E-state index is 6.35. The van der Waals surface area contributed by atoms with Crippen molar-refractivity contribution in [1.82, 2.24) is 9.88 Å². The van der Waals surface area contributed by atoms with Crippen molar-refractivity contribution in [2.24, 2.45) is 0 Å². The largest absolute Gasteiger partial charge is 0.497 e. The normalized spacial score (nSPS) is 17.5. The molecule has 1 atom stereocenters. The number of aromatic amines is 1. The van der Waals surface area contributed by atoms with E-state index in [1.54, 1.807) is 7.11 Å². The fourth-order valence-corrected chi connectivity index (χ4v) is 6.29. The molecule has 0 radical (unpaired) electrons. The van der Waals surface area contributed by atoms with Crippen LogP contribution in [0.1, 0.15) is 28.4 Å². The summed E-state index contributed by atoms with van der Waals surface area (Å²) < 4.78 is 5.41. The number of thioether (sulfide) groups is 1. The highest BCUT2D eigenvalue weighted by molar-refractivity contribution is 8.03. The number of methoxy groups -OCH3 is 1. The number of halogens is 2. The SMILES string of the molecule is COc1ccc(C2c3[nH]c4ccc(Cl)cc4c3CCN2C2=C=C(c3ccc(Cl)cc3)CS2)cc1. The van der Waals surface area contributed by atoms with Crippen molar-refractivity contribution in [2.75, 3.05) is 19.4 Å². The van der Waals surface area contributed by atoms with Crippen LogP contribution >= 0.6 is 35.0 Å². The quantitative estimate of drug-likeness (QED) is 0.288. The summed E-state index contributed by atoms with van der Waals surface area (Å²) in [5.41, 5.74) is 11.0. The highest BCUT2D eigenvalue weighted by Gasteiger charge is 2.34. The molecule has 0 amide bonds. The molecule has 3 aromatic carbocycles. The topological polar surface area (TPSA) is 28.3 Å². The molecule has 2 aliphatic heterocycles. The molecule has 6 rings (SSSR count). The van der Waals surface area contributed by atoms with Crippen LogP contribution in [0.3, 0.4) is 0 Å². The maximum atomic E-state index is 6.35. The lowest BCUT2D eigenvalue weighted by Gasteiger charge is -2.37. The molecule has 6 heteroatoms. The number of benzene rings is 3. The van der Waals surface area contributed by atoms with Crippen LogP contribution in [-0.2, 0) is 6.42 Å². The lowest BCUT2D eigenvalue weighted by Crippen LogP contribution is -2.34. The van der Waals surface area contributed by atoms with Crippen molar-refractivity contribution in [3.05, 3.63) is 110 Å². The van der Waals surface area contributed by atoms with Gasteiger partial charge in [0.1, 0.15) is 10.8 Å². The molecule has 1 unspecified atom stereocenters. The van der Waals surface area contributed by atoms with E-state index in [1.807, 2.05) is 42.1 Å². The highest BCUT2D eigenvalue weighted by Crippen LogP contribution is 2.45. The Balaban J connectivity index is 1.48. The molecule has 0 aliphatic carbocycles. The number of nitrogens with zero attached hydrogens (tertiary/aromatic N) is 1. The van der Waals surface area contributed by atoms with E-state index < -0.39 is 0 Å². The van der Waals surface area contributed by atoms with E-state index in [0.29, 0.717) is 0 Å². The predicted molar refractivity (Wildman–Crippen MR) is 143 cm³/mol. The van der Waals surface area contributed by atoms with Gasteiger partial charge in [-0.15, -0.1) is 0 Å². The first-order chi connectivity index (χ1) is 16.6. The number of nitrogens with one attached hydrogen (secondary N) is 1. The molecule has 4 aromatic rings. The Kier molecular flexibility index (Phi) is 5.63. The molecule has 34 heavy (non-hydrogen) atoms. The van der Waals surface area contributed by atoms with E-state index >= 15 is 0 Å². The van der Waals surface area contributed by atoms with E-state index in [9.17, 15) is 0 Å². The van der Waals surface area contributed by atoms with Gasteiger partial charge in [-0.3, -0.25) is 0 Å². The lowest BCUT2D eigenvalue weighted by atomic mass is 9.92. The minimum atomic E-state index is 0.0559. The molecular weight excluding hydrogens is 483 g/mol. The van der Waals surface area contributed by atoms with Gasteiger partial charge in [0.2, 0.25) is 0 Å². The molecule has 1 aromatic heterocycles. The Morgan fingerprint density at radius 2 is 1.76 bits per heavy atom. The second-order valence-electron chi connectivity index (χ2n) is 8.53. The zero-order valence-electron chi connectivity index (χ0n) is 18.6. The van der Waals surface area contributed by atoms with Gasteiger partial charge in [-0.2, -0.15) is 0 Å². The minimum absolute atomic E-state index is 0.0559. The van der Waals surface area contributed by atoms with Crippen molar-refractivity contribution in [1.29, 1.82) is 0 Å².